The number of hydrogen-bond acceptors (Lipinski definition) is 3. The van der Waals surface area contributed by atoms with Gasteiger partial charge in [0.05, 0.1) is 0 Å². The third kappa shape index (κ3) is 6.21. The summed E-state index contributed by atoms with van der Waals surface area (Å²) in [5.41, 5.74) is 3.83. The third-order valence-corrected chi connectivity index (χ3v) is 4.33. The topological polar surface area (TPSA) is 50.2 Å². The van der Waals surface area contributed by atoms with Crippen molar-refractivity contribution in [3.05, 3.63) is 108 Å². The van der Waals surface area contributed by atoms with Gasteiger partial charge in [-0.1, -0.05) is 54.1 Å². The molecule has 1 radical (unpaired) electrons. The van der Waals surface area contributed by atoms with E-state index in [1.54, 1.807) is 12.1 Å². The van der Waals surface area contributed by atoms with Gasteiger partial charge in [-0.15, -0.1) is 35.9 Å². The van der Waals surface area contributed by atoms with E-state index in [9.17, 15) is 9.90 Å². The quantitative estimate of drug-likeness (QED) is 0.181. The molecule has 4 aromatic rings. The Hall–Kier alpha value is -3.07. The number of carbonyl (C=O) groups excluding carboxylic acids is 1. The summed E-state index contributed by atoms with van der Waals surface area (Å²) < 4.78 is 0. The Morgan fingerprint density at radius 1 is 0.967 bits per heavy atom. The number of carbonyl (C=O) groups is 1. The maximum Gasteiger partial charge on any atom is 0.156 e. The van der Waals surface area contributed by atoms with E-state index in [1.165, 1.54) is 23.8 Å². The molecule has 4 rings (SSSR count). The Morgan fingerprint density at radius 2 is 1.67 bits per heavy atom. The predicted molar refractivity (Wildman–Crippen MR) is 118 cm³/mol. The molecule has 1 aromatic heterocycles. The summed E-state index contributed by atoms with van der Waals surface area (Å²) >= 11 is 0. The fraction of sp³-hybridized carbons (Fsp3) is 0.0769. The molecule has 1 N–H and O–H groups in total. The number of allylic oxidation sites excluding steroid dienone is 1. The molecular formula is C26H22IrNO2-. The van der Waals surface area contributed by atoms with Gasteiger partial charge in [-0.3, -0.25) is 4.79 Å². The van der Waals surface area contributed by atoms with E-state index in [2.05, 4.69) is 23.2 Å². The predicted octanol–water partition coefficient (Wildman–Crippen LogP) is 6.18. The number of fused-ring (bicyclic) bond motifs is 1. The molecule has 3 nitrogen and oxygen atoms in total. The van der Waals surface area contributed by atoms with Crippen LogP contribution in [0.25, 0.3) is 27.8 Å². The monoisotopic (exact) mass is 573 g/mol. The number of aliphatic hydroxyl groups is 1. The van der Waals surface area contributed by atoms with Gasteiger partial charge in [-0.05, 0) is 36.4 Å². The Balaban J connectivity index is 0.000000212. The van der Waals surface area contributed by atoms with Crippen LogP contribution in [0.15, 0.2) is 91.1 Å². The molecule has 0 saturated heterocycles. The molecule has 0 aliphatic rings. The van der Waals surface area contributed by atoms with Crippen LogP contribution < -0.4 is 0 Å². The largest absolute Gasteiger partial charge is 0.507 e. The van der Waals surface area contributed by atoms with Crippen LogP contribution >= 0.6 is 0 Å². The Bertz CT molecular complexity index is 1130. The number of benzene rings is 3. The molecule has 4 heteroatoms. The molecule has 153 valence electrons. The van der Waals surface area contributed by atoms with Gasteiger partial charge < -0.3 is 10.1 Å². The van der Waals surface area contributed by atoms with Crippen LogP contribution in [0, 0.1) is 13.0 Å². The summed E-state index contributed by atoms with van der Waals surface area (Å²) in [6.45, 7) is 3.37. The van der Waals surface area contributed by atoms with Gasteiger partial charge >= 0.3 is 0 Å². The first-order chi connectivity index (χ1) is 14.0. The Kier molecular flexibility index (Phi) is 8.67. The van der Waals surface area contributed by atoms with Crippen LogP contribution in [0.1, 0.15) is 18.1 Å². The van der Waals surface area contributed by atoms with E-state index in [1.807, 2.05) is 67.7 Å². The van der Waals surface area contributed by atoms with Crippen molar-refractivity contribution in [1.29, 1.82) is 0 Å². The van der Waals surface area contributed by atoms with Gasteiger partial charge in [0.1, 0.15) is 5.76 Å². The van der Waals surface area contributed by atoms with Crippen molar-refractivity contribution in [2.75, 3.05) is 0 Å². The molecule has 1 heterocycles. The van der Waals surface area contributed by atoms with Crippen LogP contribution in [0.5, 0.6) is 0 Å². The number of rotatable bonds is 3. The Morgan fingerprint density at radius 3 is 2.33 bits per heavy atom. The second kappa shape index (κ2) is 11.2. The number of nitrogens with zero attached hydrogens (tertiary/aromatic N) is 1. The summed E-state index contributed by atoms with van der Waals surface area (Å²) in [5, 5.41) is 11.8. The van der Waals surface area contributed by atoms with Crippen molar-refractivity contribution < 1.29 is 30.0 Å². The zero-order valence-corrected chi connectivity index (χ0v) is 19.2. The van der Waals surface area contributed by atoms with E-state index < -0.39 is 0 Å². The first-order valence-electron chi connectivity index (χ1n) is 9.33. The van der Waals surface area contributed by atoms with Crippen molar-refractivity contribution in [3.63, 3.8) is 0 Å². The number of aliphatic hydroxyl groups excluding tert-OH is 1. The summed E-state index contributed by atoms with van der Waals surface area (Å²) in [6.07, 6.45) is 3.06. The minimum atomic E-state index is -0.155. The number of hydrogen-bond donors (Lipinski definition) is 1. The molecule has 3 aromatic carbocycles. The SMILES string of the molecule is CC(=O)/C=C(\O)c1ccc(C)cc1.[Ir].[c-]1ccccc1-c1nccc2ccccc12. The fourth-order valence-corrected chi connectivity index (χ4v) is 2.88. The van der Waals surface area contributed by atoms with Crippen molar-refractivity contribution in [3.8, 4) is 11.3 Å². The van der Waals surface area contributed by atoms with Crippen molar-refractivity contribution in [2.45, 2.75) is 13.8 Å². The normalized spacial score (nSPS) is 10.5. The molecule has 0 aliphatic heterocycles. The van der Waals surface area contributed by atoms with E-state index in [4.69, 9.17) is 0 Å². The van der Waals surface area contributed by atoms with E-state index in [0.29, 0.717) is 5.56 Å². The molecule has 0 atom stereocenters. The first kappa shape index (κ1) is 23.2. The van der Waals surface area contributed by atoms with Crippen molar-refractivity contribution in [1.82, 2.24) is 4.98 Å². The third-order valence-electron chi connectivity index (χ3n) is 4.33. The molecular weight excluding hydrogens is 551 g/mol. The second-order valence-corrected chi connectivity index (χ2v) is 6.66. The van der Waals surface area contributed by atoms with Crippen LogP contribution in [0.3, 0.4) is 0 Å². The molecule has 0 aliphatic carbocycles. The van der Waals surface area contributed by atoms with Crippen LogP contribution in [0.4, 0.5) is 0 Å². The first-order valence-corrected chi connectivity index (χ1v) is 9.33. The second-order valence-electron chi connectivity index (χ2n) is 6.66. The minimum Gasteiger partial charge on any atom is -0.507 e. The van der Waals surface area contributed by atoms with Gasteiger partial charge in [0.2, 0.25) is 0 Å². The van der Waals surface area contributed by atoms with E-state index in [0.717, 1.165) is 16.8 Å². The number of ketones is 1. The zero-order chi connectivity index (χ0) is 20.6. The average molecular weight is 573 g/mol. The number of pyridine rings is 1. The van der Waals surface area contributed by atoms with E-state index >= 15 is 0 Å². The maximum absolute atomic E-state index is 10.7. The molecule has 0 unspecified atom stereocenters. The molecule has 0 bridgehead atoms. The smallest absolute Gasteiger partial charge is 0.156 e. The van der Waals surface area contributed by atoms with Crippen molar-refractivity contribution >= 4 is 22.3 Å². The molecule has 0 amide bonds. The molecule has 0 fully saturated rings. The summed E-state index contributed by atoms with van der Waals surface area (Å²) in [4.78, 5) is 15.1. The Labute approximate surface area is 190 Å². The van der Waals surface area contributed by atoms with Gasteiger partial charge in [0.25, 0.3) is 0 Å². The summed E-state index contributed by atoms with van der Waals surface area (Å²) in [7, 11) is 0. The van der Waals surface area contributed by atoms with Crippen LogP contribution in [-0.4, -0.2) is 15.9 Å². The van der Waals surface area contributed by atoms with Crippen LogP contribution in [0.2, 0.25) is 0 Å². The van der Waals surface area contributed by atoms with E-state index in [-0.39, 0.29) is 31.6 Å². The fourth-order valence-electron chi connectivity index (χ4n) is 2.88. The summed E-state index contributed by atoms with van der Waals surface area (Å²) in [5.74, 6) is -0.134. The van der Waals surface area contributed by atoms with Gasteiger partial charge in [0.15, 0.2) is 5.78 Å². The van der Waals surface area contributed by atoms with Gasteiger partial charge in [0, 0.05) is 37.9 Å². The molecule has 30 heavy (non-hydrogen) atoms. The standard InChI is InChI=1S/C15H10N.C11H12O2.Ir/c1-2-7-13(8-3-1)15-14-9-5-4-6-12(14)10-11-16-15;1-8-3-5-10(6-4-8)11(13)7-9(2)12;/h1-7,9-11H;3-7,13H,1-2H3;/q-1;;/b;11-7-;. The zero-order valence-electron chi connectivity index (χ0n) is 16.8. The summed E-state index contributed by atoms with van der Waals surface area (Å²) in [6, 6.07) is 28.8. The van der Waals surface area contributed by atoms with Crippen molar-refractivity contribution in [2.24, 2.45) is 0 Å². The van der Waals surface area contributed by atoms with Crippen LogP contribution in [-0.2, 0) is 24.9 Å². The average Bonchev–Trinajstić information content (AvgIpc) is 2.74. The minimum absolute atomic E-state index is 0. The van der Waals surface area contributed by atoms with Gasteiger partial charge in [-0.2, -0.15) is 0 Å². The maximum atomic E-state index is 10.7. The number of aromatic nitrogens is 1. The molecule has 0 spiro atoms. The van der Waals surface area contributed by atoms with Gasteiger partial charge in [-0.25, -0.2) is 0 Å². The molecule has 0 saturated carbocycles. The number of aryl methyl sites for hydroxylation is 1.